The van der Waals surface area contributed by atoms with Crippen LogP contribution in [-0.2, 0) is 4.74 Å². The molecule has 2 aliphatic heterocycles. The van der Waals surface area contributed by atoms with Gasteiger partial charge in [-0.15, -0.1) is 0 Å². The van der Waals surface area contributed by atoms with Crippen LogP contribution in [0.5, 0.6) is 0 Å². The topological polar surface area (TPSA) is 67.6 Å². The standard InChI is InChI=1S/C12H17N3O3/c1-2-17-11(16)9-7-18-12(14-9)15-4-3-8-5-13-6-10(8)15/h7-8,10,13H,2-6H2,1H3/t8-,10+/m0/s1. The first-order valence-electron chi connectivity index (χ1n) is 6.39. The van der Waals surface area contributed by atoms with Crippen molar-refractivity contribution in [3.8, 4) is 0 Å². The molecule has 0 spiro atoms. The number of oxazole rings is 1. The molecule has 0 bridgehead atoms. The molecule has 2 aliphatic rings. The summed E-state index contributed by atoms with van der Waals surface area (Å²) >= 11 is 0. The molecular weight excluding hydrogens is 234 g/mol. The van der Waals surface area contributed by atoms with Gasteiger partial charge in [-0.3, -0.25) is 0 Å². The maximum Gasteiger partial charge on any atom is 0.360 e. The van der Waals surface area contributed by atoms with E-state index in [0.29, 0.717) is 24.6 Å². The van der Waals surface area contributed by atoms with Gasteiger partial charge in [0, 0.05) is 25.7 Å². The summed E-state index contributed by atoms with van der Waals surface area (Å²) in [4.78, 5) is 17.9. The Kier molecular flexibility index (Phi) is 2.95. The number of esters is 1. The first-order chi connectivity index (χ1) is 8.79. The normalized spacial score (nSPS) is 26.4. The van der Waals surface area contributed by atoms with Crippen LogP contribution in [0.3, 0.4) is 0 Å². The lowest BCUT2D eigenvalue weighted by Crippen LogP contribution is -2.34. The number of nitrogens with zero attached hydrogens (tertiary/aromatic N) is 2. The number of ether oxygens (including phenoxy) is 1. The Morgan fingerprint density at radius 1 is 1.67 bits per heavy atom. The van der Waals surface area contributed by atoms with E-state index in [2.05, 4.69) is 15.2 Å². The van der Waals surface area contributed by atoms with Gasteiger partial charge < -0.3 is 19.4 Å². The van der Waals surface area contributed by atoms with E-state index in [4.69, 9.17) is 9.15 Å². The molecule has 0 unspecified atom stereocenters. The number of hydrogen-bond acceptors (Lipinski definition) is 6. The number of nitrogens with one attached hydrogen (secondary N) is 1. The number of carbonyl (C=O) groups is 1. The number of hydrogen-bond donors (Lipinski definition) is 1. The van der Waals surface area contributed by atoms with Gasteiger partial charge in [0.25, 0.3) is 6.01 Å². The molecule has 3 heterocycles. The van der Waals surface area contributed by atoms with Crippen LogP contribution in [0.15, 0.2) is 10.7 Å². The molecule has 0 amide bonds. The number of fused-ring (bicyclic) bond motifs is 1. The number of anilines is 1. The van der Waals surface area contributed by atoms with Crippen molar-refractivity contribution in [2.75, 3.05) is 31.1 Å². The zero-order chi connectivity index (χ0) is 12.5. The third kappa shape index (κ3) is 1.86. The molecule has 0 radical (unpaired) electrons. The van der Waals surface area contributed by atoms with Crippen molar-refractivity contribution in [1.29, 1.82) is 0 Å². The average Bonchev–Trinajstić information content (AvgIpc) is 3.04. The highest BCUT2D eigenvalue weighted by Gasteiger charge is 2.39. The Bertz CT molecular complexity index is 446. The molecule has 3 rings (SSSR count). The fourth-order valence-electron chi connectivity index (χ4n) is 2.78. The molecule has 1 aromatic heterocycles. The van der Waals surface area contributed by atoms with E-state index in [1.54, 1.807) is 6.92 Å². The molecule has 1 N–H and O–H groups in total. The molecule has 2 fully saturated rings. The van der Waals surface area contributed by atoms with E-state index in [1.165, 1.54) is 6.26 Å². The van der Waals surface area contributed by atoms with E-state index in [-0.39, 0.29) is 5.69 Å². The first kappa shape index (κ1) is 11.5. The number of carbonyl (C=O) groups excluding carboxylic acids is 1. The Morgan fingerprint density at radius 3 is 3.39 bits per heavy atom. The molecule has 0 aliphatic carbocycles. The van der Waals surface area contributed by atoms with Crippen LogP contribution < -0.4 is 10.2 Å². The summed E-state index contributed by atoms with van der Waals surface area (Å²) < 4.78 is 10.3. The van der Waals surface area contributed by atoms with Gasteiger partial charge in [0.05, 0.1) is 6.61 Å². The summed E-state index contributed by atoms with van der Waals surface area (Å²) in [6.45, 7) is 5.09. The van der Waals surface area contributed by atoms with Gasteiger partial charge in [-0.25, -0.2) is 4.79 Å². The first-order valence-corrected chi connectivity index (χ1v) is 6.39. The minimum atomic E-state index is -0.423. The lowest BCUT2D eigenvalue weighted by molar-refractivity contribution is 0.0519. The second-order valence-corrected chi connectivity index (χ2v) is 4.70. The lowest BCUT2D eigenvalue weighted by Gasteiger charge is -2.20. The smallest absolute Gasteiger partial charge is 0.360 e. The van der Waals surface area contributed by atoms with Gasteiger partial charge in [-0.1, -0.05) is 0 Å². The van der Waals surface area contributed by atoms with Crippen LogP contribution in [0.1, 0.15) is 23.8 Å². The largest absolute Gasteiger partial charge is 0.461 e. The van der Waals surface area contributed by atoms with Gasteiger partial charge in [0.15, 0.2) is 5.69 Å². The third-order valence-corrected chi connectivity index (χ3v) is 3.67. The van der Waals surface area contributed by atoms with Crippen molar-refractivity contribution < 1.29 is 13.9 Å². The summed E-state index contributed by atoms with van der Waals surface area (Å²) in [7, 11) is 0. The fourth-order valence-corrected chi connectivity index (χ4v) is 2.78. The highest BCUT2D eigenvalue weighted by Crippen LogP contribution is 2.31. The molecule has 0 saturated carbocycles. The maximum absolute atomic E-state index is 11.5. The molecule has 0 aromatic carbocycles. The van der Waals surface area contributed by atoms with E-state index >= 15 is 0 Å². The van der Waals surface area contributed by atoms with Crippen molar-refractivity contribution in [1.82, 2.24) is 10.3 Å². The zero-order valence-corrected chi connectivity index (χ0v) is 10.4. The molecule has 1 aromatic rings. The summed E-state index contributed by atoms with van der Waals surface area (Å²) in [6, 6.07) is 0.980. The highest BCUT2D eigenvalue weighted by molar-refractivity contribution is 5.87. The van der Waals surface area contributed by atoms with Gasteiger partial charge in [0.2, 0.25) is 0 Å². The quantitative estimate of drug-likeness (QED) is 0.796. The zero-order valence-electron chi connectivity index (χ0n) is 10.4. The monoisotopic (exact) mass is 251 g/mol. The summed E-state index contributed by atoms with van der Waals surface area (Å²) in [5, 5.41) is 3.37. The number of rotatable bonds is 3. The summed E-state index contributed by atoms with van der Waals surface area (Å²) in [5.74, 6) is 0.246. The van der Waals surface area contributed by atoms with Gasteiger partial charge in [-0.05, 0) is 19.3 Å². The Hall–Kier alpha value is -1.56. The molecule has 2 saturated heterocycles. The molecular formula is C12H17N3O3. The Labute approximate surface area is 105 Å². The summed E-state index contributed by atoms with van der Waals surface area (Å²) in [6.07, 6.45) is 2.53. The Balaban J connectivity index is 1.75. The van der Waals surface area contributed by atoms with Crippen molar-refractivity contribution in [2.24, 2.45) is 5.92 Å². The fraction of sp³-hybridized carbons (Fsp3) is 0.667. The maximum atomic E-state index is 11.5. The van der Waals surface area contributed by atoms with Crippen molar-refractivity contribution in [2.45, 2.75) is 19.4 Å². The molecule has 6 heteroatoms. The van der Waals surface area contributed by atoms with Crippen LogP contribution in [0, 0.1) is 5.92 Å². The van der Waals surface area contributed by atoms with Crippen LogP contribution in [0.2, 0.25) is 0 Å². The second-order valence-electron chi connectivity index (χ2n) is 4.70. The minimum Gasteiger partial charge on any atom is -0.461 e. The van der Waals surface area contributed by atoms with Crippen LogP contribution in [-0.4, -0.2) is 43.2 Å². The van der Waals surface area contributed by atoms with E-state index in [0.717, 1.165) is 26.1 Å². The van der Waals surface area contributed by atoms with Gasteiger partial charge >= 0.3 is 5.97 Å². The predicted octanol–water partition coefficient (Wildman–Crippen LogP) is 0.649. The van der Waals surface area contributed by atoms with E-state index < -0.39 is 5.97 Å². The van der Waals surface area contributed by atoms with Crippen molar-refractivity contribution >= 4 is 12.0 Å². The molecule has 98 valence electrons. The predicted molar refractivity (Wildman–Crippen MR) is 64.6 cm³/mol. The van der Waals surface area contributed by atoms with Gasteiger partial charge in [-0.2, -0.15) is 4.98 Å². The van der Waals surface area contributed by atoms with Crippen molar-refractivity contribution in [3.63, 3.8) is 0 Å². The van der Waals surface area contributed by atoms with Crippen LogP contribution >= 0.6 is 0 Å². The molecule has 18 heavy (non-hydrogen) atoms. The lowest BCUT2D eigenvalue weighted by atomic mass is 10.1. The van der Waals surface area contributed by atoms with Crippen molar-refractivity contribution in [3.05, 3.63) is 12.0 Å². The van der Waals surface area contributed by atoms with Crippen LogP contribution in [0.25, 0.3) is 0 Å². The second kappa shape index (κ2) is 4.61. The van der Waals surface area contributed by atoms with Gasteiger partial charge in [0.1, 0.15) is 6.26 Å². The van der Waals surface area contributed by atoms with Crippen LogP contribution in [0.4, 0.5) is 6.01 Å². The van der Waals surface area contributed by atoms with E-state index in [9.17, 15) is 4.79 Å². The number of aromatic nitrogens is 1. The average molecular weight is 251 g/mol. The molecule has 6 nitrogen and oxygen atoms in total. The highest BCUT2D eigenvalue weighted by atomic mass is 16.5. The summed E-state index contributed by atoms with van der Waals surface area (Å²) in [5.41, 5.74) is 0.251. The SMILES string of the molecule is CCOC(=O)c1coc(N2CC[C@H]3CNC[C@H]32)n1. The Morgan fingerprint density at radius 2 is 2.56 bits per heavy atom. The third-order valence-electron chi connectivity index (χ3n) is 3.67. The minimum absolute atomic E-state index is 0.251. The molecule has 2 atom stereocenters. The van der Waals surface area contributed by atoms with E-state index in [1.807, 2.05) is 0 Å².